The van der Waals surface area contributed by atoms with E-state index >= 15 is 0 Å². The molecule has 2 atom stereocenters. The molecule has 1 aliphatic carbocycles. The molecular formula is C8H12O3. The fraction of sp³-hybridized carbons (Fsp3) is 0.750. The third-order valence-corrected chi connectivity index (χ3v) is 2.51. The predicted molar refractivity (Wildman–Crippen MR) is 38.8 cm³/mol. The molecule has 0 aromatic carbocycles. The number of carbonyl (C=O) groups excluding carboxylic acids is 2. The summed E-state index contributed by atoms with van der Waals surface area (Å²) >= 11 is 0. The molecule has 0 saturated heterocycles. The van der Waals surface area contributed by atoms with Gasteiger partial charge in [-0.05, 0) is 5.41 Å². The number of rotatable bonds is 2. The molecule has 3 nitrogen and oxygen atoms in total. The number of aldehydes is 1. The predicted octanol–water partition coefficient (Wildman–Crippen LogP) is 0.630. The molecule has 0 unspecified atom stereocenters. The van der Waals surface area contributed by atoms with Crippen molar-refractivity contribution < 1.29 is 14.3 Å². The zero-order chi connectivity index (χ0) is 8.65. The van der Waals surface area contributed by atoms with Crippen molar-refractivity contribution in [3.8, 4) is 0 Å². The average Bonchev–Trinajstić information content (AvgIpc) is 2.51. The van der Waals surface area contributed by atoms with Gasteiger partial charge in [-0.15, -0.1) is 0 Å². The van der Waals surface area contributed by atoms with Crippen LogP contribution in [0.25, 0.3) is 0 Å². The second-order valence-corrected chi connectivity index (χ2v) is 3.48. The topological polar surface area (TPSA) is 43.4 Å². The molecule has 0 N–H and O–H groups in total. The van der Waals surface area contributed by atoms with E-state index in [0.29, 0.717) is 0 Å². The van der Waals surface area contributed by atoms with Crippen molar-refractivity contribution in [2.75, 3.05) is 7.11 Å². The number of hydrogen-bond acceptors (Lipinski definition) is 3. The largest absolute Gasteiger partial charge is 0.469 e. The highest BCUT2D eigenvalue weighted by Crippen LogP contribution is 2.57. The SMILES string of the molecule is COC(=O)[C@H]1[C@@H](C=O)C1(C)C. The van der Waals surface area contributed by atoms with Crippen molar-refractivity contribution in [1.82, 2.24) is 0 Å². The molecule has 3 heteroatoms. The first-order valence-corrected chi connectivity index (χ1v) is 3.58. The second kappa shape index (κ2) is 2.32. The fourth-order valence-corrected chi connectivity index (χ4v) is 1.51. The Morgan fingerprint density at radius 2 is 2.09 bits per heavy atom. The van der Waals surface area contributed by atoms with Crippen molar-refractivity contribution in [2.24, 2.45) is 17.3 Å². The molecule has 0 aromatic rings. The molecule has 0 bridgehead atoms. The highest BCUT2D eigenvalue weighted by atomic mass is 16.5. The molecule has 0 aromatic heterocycles. The summed E-state index contributed by atoms with van der Waals surface area (Å²) in [5.74, 6) is -0.632. The molecule has 62 valence electrons. The average molecular weight is 156 g/mol. The van der Waals surface area contributed by atoms with E-state index < -0.39 is 0 Å². The van der Waals surface area contributed by atoms with Gasteiger partial charge in [-0.2, -0.15) is 0 Å². The molecule has 0 heterocycles. The first-order chi connectivity index (χ1) is 5.05. The van der Waals surface area contributed by atoms with E-state index in [9.17, 15) is 9.59 Å². The van der Waals surface area contributed by atoms with E-state index in [4.69, 9.17) is 0 Å². The maximum absolute atomic E-state index is 11.0. The van der Waals surface area contributed by atoms with Crippen LogP contribution in [-0.4, -0.2) is 19.4 Å². The van der Waals surface area contributed by atoms with Gasteiger partial charge in [0.25, 0.3) is 0 Å². The summed E-state index contributed by atoms with van der Waals surface area (Å²) in [6, 6.07) is 0. The zero-order valence-electron chi connectivity index (χ0n) is 6.96. The van der Waals surface area contributed by atoms with Crippen molar-refractivity contribution >= 4 is 12.3 Å². The van der Waals surface area contributed by atoms with Gasteiger partial charge in [0.1, 0.15) is 6.29 Å². The Kier molecular flexibility index (Phi) is 1.74. The van der Waals surface area contributed by atoms with Gasteiger partial charge >= 0.3 is 5.97 Å². The Bertz CT molecular complexity index is 196. The summed E-state index contributed by atoms with van der Waals surface area (Å²) in [7, 11) is 1.35. The lowest BCUT2D eigenvalue weighted by Crippen LogP contribution is -2.07. The molecule has 0 radical (unpaired) electrons. The van der Waals surface area contributed by atoms with Crippen LogP contribution in [0.4, 0.5) is 0 Å². The second-order valence-electron chi connectivity index (χ2n) is 3.48. The maximum atomic E-state index is 11.0. The normalized spacial score (nSPS) is 32.6. The standard InChI is InChI=1S/C8H12O3/c1-8(2)5(4-9)6(8)7(10)11-3/h4-6H,1-3H3/t5-,6-/m1/s1. The van der Waals surface area contributed by atoms with Crippen molar-refractivity contribution in [2.45, 2.75) is 13.8 Å². The van der Waals surface area contributed by atoms with E-state index in [-0.39, 0.29) is 23.2 Å². The molecule has 0 amide bonds. The molecule has 1 aliphatic rings. The van der Waals surface area contributed by atoms with Gasteiger partial charge < -0.3 is 9.53 Å². The number of hydrogen-bond donors (Lipinski definition) is 0. The number of methoxy groups -OCH3 is 1. The van der Waals surface area contributed by atoms with E-state index in [0.717, 1.165) is 6.29 Å². The first kappa shape index (κ1) is 8.24. The van der Waals surface area contributed by atoms with E-state index in [1.165, 1.54) is 7.11 Å². The van der Waals surface area contributed by atoms with E-state index in [1.54, 1.807) is 0 Å². The number of carbonyl (C=O) groups is 2. The van der Waals surface area contributed by atoms with Crippen molar-refractivity contribution in [3.63, 3.8) is 0 Å². The van der Waals surface area contributed by atoms with Gasteiger partial charge in [0.05, 0.1) is 13.0 Å². The molecule has 0 spiro atoms. The quantitative estimate of drug-likeness (QED) is 0.435. The summed E-state index contributed by atoms with van der Waals surface area (Å²) in [5, 5.41) is 0. The lowest BCUT2D eigenvalue weighted by Gasteiger charge is -1.98. The highest BCUT2D eigenvalue weighted by Gasteiger charge is 2.62. The molecule has 1 fully saturated rings. The summed E-state index contributed by atoms with van der Waals surface area (Å²) in [4.78, 5) is 21.4. The van der Waals surface area contributed by atoms with Gasteiger partial charge in [0.2, 0.25) is 0 Å². The van der Waals surface area contributed by atoms with Crippen LogP contribution in [0.2, 0.25) is 0 Å². The van der Waals surface area contributed by atoms with Crippen LogP contribution >= 0.6 is 0 Å². The Morgan fingerprint density at radius 3 is 2.36 bits per heavy atom. The van der Waals surface area contributed by atoms with Crippen molar-refractivity contribution in [3.05, 3.63) is 0 Å². The minimum Gasteiger partial charge on any atom is -0.469 e. The minimum atomic E-state index is -0.271. The summed E-state index contributed by atoms with van der Waals surface area (Å²) in [5.41, 5.74) is -0.186. The van der Waals surface area contributed by atoms with Gasteiger partial charge in [-0.3, -0.25) is 4.79 Å². The lowest BCUT2D eigenvalue weighted by atomic mass is 10.1. The zero-order valence-corrected chi connectivity index (χ0v) is 6.96. The Hall–Kier alpha value is -0.860. The maximum Gasteiger partial charge on any atom is 0.309 e. The molecule has 11 heavy (non-hydrogen) atoms. The van der Waals surface area contributed by atoms with E-state index in [1.807, 2.05) is 13.8 Å². The summed E-state index contributed by atoms with van der Waals surface area (Å²) in [6.45, 7) is 3.79. The van der Waals surface area contributed by atoms with Crippen LogP contribution in [0, 0.1) is 17.3 Å². The molecule has 1 rings (SSSR count). The van der Waals surface area contributed by atoms with Crippen LogP contribution in [0.3, 0.4) is 0 Å². The summed E-state index contributed by atoms with van der Waals surface area (Å²) < 4.78 is 4.54. The molecule has 0 aliphatic heterocycles. The van der Waals surface area contributed by atoms with Gasteiger partial charge in [-0.25, -0.2) is 0 Å². The van der Waals surface area contributed by atoms with Gasteiger partial charge in [0.15, 0.2) is 0 Å². The van der Waals surface area contributed by atoms with Crippen molar-refractivity contribution in [1.29, 1.82) is 0 Å². The van der Waals surface area contributed by atoms with Crippen LogP contribution < -0.4 is 0 Å². The third kappa shape index (κ3) is 1.04. The molecular weight excluding hydrogens is 144 g/mol. The summed E-state index contributed by atoms with van der Waals surface area (Å²) in [6.07, 6.45) is 0.835. The third-order valence-electron chi connectivity index (χ3n) is 2.51. The number of ether oxygens (including phenoxy) is 1. The minimum absolute atomic E-state index is 0.144. The fourth-order valence-electron chi connectivity index (χ4n) is 1.51. The Labute approximate surface area is 65.7 Å². The Morgan fingerprint density at radius 1 is 1.55 bits per heavy atom. The van der Waals surface area contributed by atoms with Crippen LogP contribution in [0.5, 0.6) is 0 Å². The lowest BCUT2D eigenvalue weighted by molar-refractivity contribution is -0.143. The monoisotopic (exact) mass is 156 g/mol. The van der Waals surface area contributed by atoms with Crippen LogP contribution in [0.15, 0.2) is 0 Å². The highest BCUT2D eigenvalue weighted by molar-refractivity contribution is 5.84. The first-order valence-electron chi connectivity index (χ1n) is 3.58. The van der Waals surface area contributed by atoms with Crippen LogP contribution in [0.1, 0.15) is 13.8 Å². The van der Waals surface area contributed by atoms with Gasteiger partial charge in [0, 0.05) is 5.92 Å². The van der Waals surface area contributed by atoms with Gasteiger partial charge in [-0.1, -0.05) is 13.8 Å². The van der Waals surface area contributed by atoms with E-state index in [2.05, 4.69) is 4.74 Å². The van der Waals surface area contributed by atoms with Crippen LogP contribution in [-0.2, 0) is 14.3 Å². The Balaban J connectivity index is 2.66. The number of esters is 1. The smallest absolute Gasteiger partial charge is 0.309 e. The molecule has 1 saturated carbocycles.